The fourth-order valence-electron chi connectivity index (χ4n) is 3.55. The summed E-state index contributed by atoms with van der Waals surface area (Å²) < 4.78 is 57.2. The van der Waals surface area contributed by atoms with Crippen molar-refractivity contribution in [1.82, 2.24) is 4.98 Å². The number of amides is 1. The summed E-state index contributed by atoms with van der Waals surface area (Å²) in [6.45, 7) is 1.42. The van der Waals surface area contributed by atoms with Crippen molar-refractivity contribution in [3.63, 3.8) is 0 Å². The summed E-state index contributed by atoms with van der Waals surface area (Å²) in [4.78, 5) is 28.0. The SMILES string of the molecule is CC(=O)Nc1ccc(S(=O)(=O)Nc2ccc(F)c(C(=O)C3CNc4ncccc43)c2F)cc1. The van der Waals surface area contributed by atoms with Crippen molar-refractivity contribution < 1.29 is 26.8 Å². The van der Waals surface area contributed by atoms with E-state index in [4.69, 9.17) is 0 Å². The second-order valence-electron chi connectivity index (χ2n) is 7.33. The fourth-order valence-corrected chi connectivity index (χ4v) is 4.60. The van der Waals surface area contributed by atoms with Crippen LogP contribution in [0.3, 0.4) is 0 Å². The van der Waals surface area contributed by atoms with Gasteiger partial charge in [0.2, 0.25) is 5.91 Å². The quantitative estimate of drug-likeness (QED) is 0.473. The van der Waals surface area contributed by atoms with Crippen LogP contribution in [0.25, 0.3) is 0 Å². The van der Waals surface area contributed by atoms with Crippen molar-refractivity contribution in [3.05, 3.63) is 77.5 Å². The summed E-state index contributed by atoms with van der Waals surface area (Å²) in [6.07, 6.45) is 1.53. The molecule has 1 atom stereocenters. The maximum absolute atomic E-state index is 15.2. The molecule has 0 saturated carbocycles. The van der Waals surface area contributed by atoms with Crippen LogP contribution in [0.1, 0.15) is 28.8 Å². The van der Waals surface area contributed by atoms with Gasteiger partial charge in [-0.15, -0.1) is 0 Å². The third-order valence-corrected chi connectivity index (χ3v) is 6.45. The topological polar surface area (TPSA) is 117 Å². The minimum absolute atomic E-state index is 0.112. The van der Waals surface area contributed by atoms with Crippen molar-refractivity contribution in [2.24, 2.45) is 0 Å². The second-order valence-corrected chi connectivity index (χ2v) is 9.02. The molecule has 33 heavy (non-hydrogen) atoms. The lowest BCUT2D eigenvalue weighted by atomic mass is 9.92. The smallest absolute Gasteiger partial charge is 0.261 e. The van der Waals surface area contributed by atoms with E-state index in [0.29, 0.717) is 17.1 Å². The largest absolute Gasteiger partial charge is 0.369 e. The zero-order valence-corrected chi connectivity index (χ0v) is 18.0. The molecule has 3 aromatic rings. The molecule has 3 N–H and O–H groups in total. The molecule has 2 heterocycles. The molecule has 1 unspecified atom stereocenters. The number of sulfonamides is 1. The van der Waals surface area contributed by atoms with Gasteiger partial charge in [-0.3, -0.25) is 14.3 Å². The van der Waals surface area contributed by atoms with Gasteiger partial charge in [0.15, 0.2) is 11.6 Å². The molecule has 170 valence electrons. The normalized spacial score (nSPS) is 14.8. The summed E-state index contributed by atoms with van der Waals surface area (Å²) in [6, 6.07) is 10.2. The zero-order valence-electron chi connectivity index (χ0n) is 17.2. The average molecular weight is 472 g/mol. The van der Waals surface area contributed by atoms with E-state index >= 15 is 4.39 Å². The fraction of sp³-hybridized carbons (Fsp3) is 0.136. The van der Waals surface area contributed by atoms with E-state index in [1.807, 2.05) is 0 Å². The maximum Gasteiger partial charge on any atom is 0.261 e. The minimum atomic E-state index is -4.26. The number of carbonyl (C=O) groups excluding carboxylic acids is 2. The first-order valence-corrected chi connectivity index (χ1v) is 11.3. The Kier molecular flexibility index (Phi) is 5.81. The molecular weight excluding hydrogens is 454 g/mol. The van der Waals surface area contributed by atoms with Crippen LogP contribution in [-0.4, -0.2) is 31.6 Å². The molecule has 0 saturated heterocycles. The third kappa shape index (κ3) is 4.40. The molecule has 0 aliphatic carbocycles. The summed E-state index contributed by atoms with van der Waals surface area (Å²) >= 11 is 0. The Balaban J connectivity index is 1.63. The molecule has 8 nitrogen and oxygen atoms in total. The number of ketones is 1. The minimum Gasteiger partial charge on any atom is -0.369 e. The number of pyridine rings is 1. The van der Waals surface area contributed by atoms with Gasteiger partial charge in [-0.1, -0.05) is 6.07 Å². The van der Waals surface area contributed by atoms with Crippen LogP contribution in [0.4, 0.5) is 26.0 Å². The molecule has 0 fully saturated rings. The van der Waals surface area contributed by atoms with Crippen molar-refractivity contribution in [1.29, 1.82) is 0 Å². The maximum atomic E-state index is 15.2. The Morgan fingerprint density at radius 3 is 2.52 bits per heavy atom. The van der Waals surface area contributed by atoms with Gasteiger partial charge < -0.3 is 10.6 Å². The van der Waals surface area contributed by atoms with Crippen LogP contribution < -0.4 is 15.4 Å². The first-order valence-electron chi connectivity index (χ1n) is 9.79. The average Bonchev–Trinajstić information content (AvgIpc) is 3.20. The Labute approximate surface area is 188 Å². The van der Waals surface area contributed by atoms with Crippen LogP contribution >= 0.6 is 0 Å². The van der Waals surface area contributed by atoms with Crippen molar-refractivity contribution >= 4 is 38.9 Å². The highest BCUT2D eigenvalue weighted by Crippen LogP contribution is 2.34. The third-order valence-electron chi connectivity index (χ3n) is 5.07. The standard InChI is InChI=1S/C22H18F2N4O4S/c1-12(29)27-13-4-6-14(7-5-13)33(31,32)28-18-9-8-17(23)19(20(18)24)21(30)16-11-26-22-15(16)3-2-10-25-22/h2-10,16,28H,11H2,1H3,(H,25,26)(H,27,29). The highest BCUT2D eigenvalue weighted by molar-refractivity contribution is 7.92. The summed E-state index contributed by atoms with van der Waals surface area (Å²) in [5, 5.41) is 5.42. The number of fused-ring (bicyclic) bond motifs is 1. The number of nitrogens with one attached hydrogen (secondary N) is 3. The number of carbonyl (C=O) groups is 2. The van der Waals surface area contributed by atoms with Crippen molar-refractivity contribution in [2.45, 2.75) is 17.7 Å². The number of hydrogen-bond acceptors (Lipinski definition) is 6. The van der Waals surface area contributed by atoms with E-state index in [-0.39, 0.29) is 17.3 Å². The number of benzene rings is 2. The van der Waals surface area contributed by atoms with Crippen LogP contribution in [-0.2, 0) is 14.8 Å². The summed E-state index contributed by atoms with van der Waals surface area (Å²) in [5.74, 6) is -3.98. The predicted octanol–water partition coefficient (Wildman–Crippen LogP) is 3.51. The number of hydrogen-bond donors (Lipinski definition) is 3. The highest BCUT2D eigenvalue weighted by atomic mass is 32.2. The Morgan fingerprint density at radius 1 is 1.09 bits per heavy atom. The molecule has 2 aromatic carbocycles. The lowest BCUT2D eigenvalue weighted by molar-refractivity contribution is -0.114. The number of Topliss-reactive ketones (excluding diaryl/α,β-unsaturated/α-hetero) is 1. The molecule has 1 aliphatic rings. The van der Waals surface area contributed by atoms with E-state index in [9.17, 15) is 22.4 Å². The van der Waals surface area contributed by atoms with E-state index in [2.05, 4.69) is 20.3 Å². The van der Waals surface area contributed by atoms with Gasteiger partial charge in [0, 0.05) is 30.9 Å². The van der Waals surface area contributed by atoms with E-state index in [0.717, 1.165) is 12.1 Å². The van der Waals surface area contributed by atoms with Gasteiger partial charge >= 0.3 is 0 Å². The monoisotopic (exact) mass is 472 g/mol. The van der Waals surface area contributed by atoms with Gasteiger partial charge in [0.05, 0.1) is 22.1 Å². The van der Waals surface area contributed by atoms with Gasteiger partial charge in [-0.2, -0.15) is 0 Å². The molecule has 0 bridgehead atoms. The Hall–Kier alpha value is -3.86. The van der Waals surface area contributed by atoms with Crippen LogP contribution in [0.5, 0.6) is 0 Å². The van der Waals surface area contributed by atoms with Crippen LogP contribution in [0.2, 0.25) is 0 Å². The molecule has 1 aromatic heterocycles. The number of aromatic nitrogens is 1. The number of rotatable bonds is 6. The molecule has 0 radical (unpaired) electrons. The predicted molar refractivity (Wildman–Crippen MR) is 118 cm³/mol. The lowest BCUT2D eigenvalue weighted by Gasteiger charge is -2.14. The van der Waals surface area contributed by atoms with Crippen LogP contribution in [0, 0.1) is 11.6 Å². The first kappa shape index (κ1) is 22.3. The molecule has 1 aliphatic heterocycles. The van der Waals surface area contributed by atoms with Gasteiger partial charge in [-0.05, 0) is 42.5 Å². The lowest BCUT2D eigenvalue weighted by Crippen LogP contribution is -2.20. The molecular formula is C22H18F2N4O4S. The van der Waals surface area contributed by atoms with Crippen molar-refractivity contribution in [3.8, 4) is 0 Å². The van der Waals surface area contributed by atoms with Crippen LogP contribution in [0.15, 0.2) is 59.6 Å². The summed E-state index contributed by atoms with van der Waals surface area (Å²) in [5.41, 5.74) is -0.517. The second kappa shape index (κ2) is 8.58. The Morgan fingerprint density at radius 2 is 1.82 bits per heavy atom. The number of anilines is 3. The van der Waals surface area contributed by atoms with E-state index < -0.39 is 44.6 Å². The van der Waals surface area contributed by atoms with E-state index in [1.165, 1.54) is 37.4 Å². The summed E-state index contributed by atoms with van der Waals surface area (Å²) in [7, 11) is -4.26. The Bertz CT molecular complexity index is 1360. The number of nitrogens with zero attached hydrogens (tertiary/aromatic N) is 1. The zero-order chi connectivity index (χ0) is 23.8. The van der Waals surface area contributed by atoms with Gasteiger partial charge in [0.1, 0.15) is 11.6 Å². The molecule has 1 amide bonds. The molecule has 0 spiro atoms. The molecule has 4 rings (SSSR count). The molecule has 11 heteroatoms. The van der Waals surface area contributed by atoms with E-state index in [1.54, 1.807) is 12.1 Å². The highest BCUT2D eigenvalue weighted by Gasteiger charge is 2.34. The van der Waals surface area contributed by atoms with Gasteiger partial charge in [0.25, 0.3) is 10.0 Å². The number of halogens is 2. The van der Waals surface area contributed by atoms with Gasteiger partial charge in [-0.25, -0.2) is 22.2 Å². The van der Waals surface area contributed by atoms with Crippen molar-refractivity contribution in [2.75, 3.05) is 21.9 Å². The first-order chi connectivity index (χ1) is 15.7.